The third-order valence-electron chi connectivity index (χ3n) is 2.28. The molecular formula is C11H11N3O2S3. The van der Waals surface area contributed by atoms with E-state index in [2.05, 4.69) is 9.71 Å². The number of hydrogen-bond donors (Lipinski definition) is 2. The van der Waals surface area contributed by atoms with E-state index in [1.54, 1.807) is 30.6 Å². The summed E-state index contributed by atoms with van der Waals surface area (Å²) in [6, 6.07) is 6.64. The molecule has 0 radical (unpaired) electrons. The van der Waals surface area contributed by atoms with E-state index in [4.69, 9.17) is 18.0 Å². The van der Waals surface area contributed by atoms with Crippen molar-refractivity contribution in [3.05, 3.63) is 47.1 Å². The van der Waals surface area contributed by atoms with Gasteiger partial charge in [-0.2, -0.15) is 0 Å². The van der Waals surface area contributed by atoms with Crippen LogP contribution in [0.5, 0.6) is 0 Å². The van der Waals surface area contributed by atoms with Crippen molar-refractivity contribution in [3.8, 4) is 0 Å². The minimum Gasteiger partial charge on any atom is -0.389 e. The van der Waals surface area contributed by atoms with E-state index in [9.17, 15) is 8.42 Å². The van der Waals surface area contributed by atoms with Gasteiger partial charge in [-0.3, -0.25) is 4.98 Å². The summed E-state index contributed by atoms with van der Waals surface area (Å²) in [5, 5.41) is 0. The third-order valence-corrected chi connectivity index (χ3v) is 5.64. The van der Waals surface area contributed by atoms with Crippen LogP contribution in [0.25, 0.3) is 0 Å². The van der Waals surface area contributed by atoms with Gasteiger partial charge in [-0.1, -0.05) is 18.3 Å². The van der Waals surface area contributed by atoms with E-state index in [1.807, 2.05) is 0 Å². The van der Waals surface area contributed by atoms with Crippen molar-refractivity contribution in [1.82, 2.24) is 9.71 Å². The van der Waals surface area contributed by atoms with Crippen LogP contribution in [0.1, 0.15) is 10.4 Å². The van der Waals surface area contributed by atoms with Gasteiger partial charge in [0.25, 0.3) is 0 Å². The number of aromatic nitrogens is 1. The maximum Gasteiger partial charge on any atom is 0.250 e. The van der Waals surface area contributed by atoms with Crippen LogP contribution in [0.2, 0.25) is 0 Å². The van der Waals surface area contributed by atoms with Gasteiger partial charge in [0.2, 0.25) is 10.0 Å². The van der Waals surface area contributed by atoms with Crippen LogP contribution in [0.3, 0.4) is 0 Å². The van der Waals surface area contributed by atoms with Gasteiger partial charge >= 0.3 is 0 Å². The Hall–Kier alpha value is -1.35. The fourth-order valence-electron chi connectivity index (χ4n) is 1.35. The van der Waals surface area contributed by atoms with Gasteiger partial charge < -0.3 is 5.73 Å². The number of pyridine rings is 1. The zero-order chi connectivity index (χ0) is 13.9. The van der Waals surface area contributed by atoms with Crippen molar-refractivity contribution >= 4 is 38.6 Å². The summed E-state index contributed by atoms with van der Waals surface area (Å²) < 4.78 is 26.8. The second-order valence-electron chi connectivity index (χ2n) is 3.67. The summed E-state index contributed by atoms with van der Waals surface area (Å²) in [5.41, 5.74) is 6.24. The molecule has 0 amide bonds. The molecule has 3 N–H and O–H groups in total. The molecule has 5 nitrogen and oxygen atoms in total. The zero-order valence-electron chi connectivity index (χ0n) is 9.74. The third kappa shape index (κ3) is 3.57. The molecule has 0 atom stereocenters. The van der Waals surface area contributed by atoms with Crippen LogP contribution in [-0.4, -0.2) is 18.4 Å². The molecular weight excluding hydrogens is 302 g/mol. The molecule has 0 saturated heterocycles. The van der Waals surface area contributed by atoms with Crippen molar-refractivity contribution in [1.29, 1.82) is 0 Å². The SMILES string of the molecule is NC(=S)c1ccc(S(=O)(=O)NCc2cccnc2)s1. The molecule has 2 aromatic heterocycles. The van der Waals surface area contributed by atoms with Crippen molar-refractivity contribution < 1.29 is 8.42 Å². The molecule has 0 fully saturated rings. The van der Waals surface area contributed by atoms with Gasteiger partial charge in [-0.15, -0.1) is 11.3 Å². The maximum absolute atomic E-state index is 12.0. The van der Waals surface area contributed by atoms with Crippen LogP contribution in [0, 0.1) is 0 Å². The minimum atomic E-state index is -3.55. The highest BCUT2D eigenvalue weighted by atomic mass is 32.2. The number of nitrogens with two attached hydrogens (primary N) is 1. The number of nitrogens with zero attached hydrogens (tertiary/aromatic N) is 1. The Morgan fingerprint density at radius 1 is 1.42 bits per heavy atom. The van der Waals surface area contributed by atoms with Crippen LogP contribution >= 0.6 is 23.6 Å². The molecule has 100 valence electrons. The molecule has 0 unspecified atom stereocenters. The van der Waals surface area contributed by atoms with Gasteiger partial charge in [0.1, 0.15) is 9.20 Å². The molecule has 2 aromatic rings. The topological polar surface area (TPSA) is 85.1 Å². The highest BCUT2D eigenvalue weighted by Gasteiger charge is 2.17. The molecule has 0 aliphatic carbocycles. The Morgan fingerprint density at radius 2 is 2.21 bits per heavy atom. The molecule has 8 heteroatoms. The standard InChI is InChI=1S/C11H11N3O2S3/c12-11(17)9-3-4-10(18-9)19(15,16)14-7-8-2-1-5-13-6-8/h1-6,14H,7H2,(H2,12,17). The summed E-state index contributed by atoms with van der Waals surface area (Å²) >= 11 is 5.85. The molecule has 2 rings (SSSR count). The summed E-state index contributed by atoms with van der Waals surface area (Å²) in [7, 11) is -3.55. The lowest BCUT2D eigenvalue weighted by atomic mass is 10.3. The number of sulfonamides is 1. The average Bonchev–Trinajstić information content (AvgIpc) is 2.88. The van der Waals surface area contributed by atoms with Gasteiger partial charge in [0, 0.05) is 18.9 Å². The second kappa shape index (κ2) is 5.74. The quantitative estimate of drug-likeness (QED) is 0.812. The monoisotopic (exact) mass is 313 g/mol. The van der Waals surface area contributed by atoms with Crippen molar-refractivity contribution in [2.45, 2.75) is 10.8 Å². The first-order valence-corrected chi connectivity index (χ1v) is 7.98. The van der Waals surface area contributed by atoms with Gasteiger partial charge in [0.05, 0.1) is 4.88 Å². The molecule has 0 spiro atoms. The highest BCUT2D eigenvalue weighted by Crippen LogP contribution is 2.21. The largest absolute Gasteiger partial charge is 0.389 e. The highest BCUT2D eigenvalue weighted by molar-refractivity contribution is 7.91. The second-order valence-corrected chi connectivity index (χ2v) is 7.19. The molecule has 0 bridgehead atoms. The smallest absolute Gasteiger partial charge is 0.250 e. The molecule has 19 heavy (non-hydrogen) atoms. The van der Waals surface area contributed by atoms with Crippen LogP contribution < -0.4 is 10.5 Å². The van der Waals surface area contributed by atoms with Crippen molar-refractivity contribution in [3.63, 3.8) is 0 Å². The minimum absolute atomic E-state index is 0.191. The predicted octanol–water partition coefficient (Wildman–Crippen LogP) is 1.26. The summed E-state index contributed by atoms with van der Waals surface area (Å²) in [6.45, 7) is 0.191. The van der Waals surface area contributed by atoms with E-state index >= 15 is 0 Å². The van der Waals surface area contributed by atoms with E-state index in [-0.39, 0.29) is 15.7 Å². The first kappa shape index (κ1) is 14.1. The van der Waals surface area contributed by atoms with E-state index in [1.165, 1.54) is 6.07 Å². The predicted molar refractivity (Wildman–Crippen MR) is 78.5 cm³/mol. The molecule has 0 aliphatic rings. The number of rotatable bonds is 5. The van der Waals surface area contributed by atoms with E-state index in [0.29, 0.717) is 4.88 Å². The van der Waals surface area contributed by atoms with E-state index < -0.39 is 10.0 Å². The lowest BCUT2D eigenvalue weighted by molar-refractivity contribution is 0.583. The Balaban J connectivity index is 2.12. The number of thiophene rings is 1. The summed E-state index contributed by atoms with van der Waals surface area (Å²) in [4.78, 5) is 4.69. The average molecular weight is 313 g/mol. The lowest BCUT2D eigenvalue weighted by Gasteiger charge is -2.04. The first-order chi connectivity index (χ1) is 8.99. The fourth-order valence-corrected chi connectivity index (χ4v) is 3.76. The van der Waals surface area contributed by atoms with Crippen molar-refractivity contribution in [2.75, 3.05) is 0 Å². The number of nitrogens with one attached hydrogen (secondary N) is 1. The number of hydrogen-bond acceptors (Lipinski definition) is 5. The molecule has 0 saturated carbocycles. The Labute approximate surface area is 120 Å². The van der Waals surface area contributed by atoms with Gasteiger partial charge in [-0.25, -0.2) is 13.1 Å². The zero-order valence-corrected chi connectivity index (χ0v) is 12.2. The molecule has 2 heterocycles. The van der Waals surface area contributed by atoms with Crippen LogP contribution in [-0.2, 0) is 16.6 Å². The van der Waals surface area contributed by atoms with Crippen LogP contribution in [0.15, 0.2) is 40.9 Å². The van der Waals surface area contributed by atoms with Gasteiger partial charge in [0.15, 0.2) is 0 Å². The fraction of sp³-hybridized carbons (Fsp3) is 0.0909. The normalized spacial score (nSPS) is 11.4. The first-order valence-electron chi connectivity index (χ1n) is 5.27. The van der Waals surface area contributed by atoms with Crippen molar-refractivity contribution in [2.24, 2.45) is 5.73 Å². The molecule has 0 aliphatic heterocycles. The Bertz CT molecular complexity index is 680. The Kier molecular flexibility index (Phi) is 4.25. The molecule has 0 aromatic carbocycles. The number of thiocarbonyl (C=S) groups is 1. The summed E-state index contributed by atoms with van der Waals surface area (Å²) in [6.07, 6.45) is 3.24. The maximum atomic E-state index is 12.0. The lowest BCUT2D eigenvalue weighted by Crippen LogP contribution is -2.22. The van der Waals surface area contributed by atoms with Gasteiger partial charge in [-0.05, 0) is 23.8 Å². The Morgan fingerprint density at radius 3 is 2.79 bits per heavy atom. The van der Waals surface area contributed by atoms with E-state index in [0.717, 1.165) is 16.9 Å². The van der Waals surface area contributed by atoms with Crippen LogP contribution in [0.4, 0.5) is 0 Å². The summed E-state index contributed by atoms with van der Waals surface area (Å²) in [5.74, 6) is 0.